The number of alkyl halides is 38. The smallest absolute Gasteiger partial charge is 0.110 e. The van der Waals surface area contributed by atoms with Crippen molar-refractivity contribution in [3.63, 3.8) is 0 Å². The molecular weight excluding hydrogens is 1620 g/mol. The summed E-state index contributed by atoms with van der Waals surface area (Å²) in [6.45, 7) is 0.0671. The van der Waals surface area contributed by atoms with Gasteiger partial charge in [-0.25, -0.2) is 0 Å². The number of hydrogen-bond donors (Lipinski definition) is 1. The Bertz CT molecular complexity index is 194. The Morgan fingerprint density at radius 1 is 0.183 bits per heavy atom. The first-order valence-electron chi connectivity index (χ1n) is 11.3. The lowest BCUT2D eigenvalue weighted by atomic mass is 10.5. The van der Waals surface area contributed by atoms with Crippen LogP contribution >= 0.6 is 441 Å². The zero-order chi connectivity index (χ0) is 53.7. The van der Waals surface area contributed by atoms with E-state index < -0.39 is 4.84 Å². The van der Waals surface area contributed by atoms with Crippen LogP contribution in [-0.2, 0) is 0 Å². The molecule has 39 heteroatoms. The third-order valence-electron chi connectivity index (χ3n) is 0.347. The van der Waals surface area contributed by atoms with E-state index in [1.165, 1.54) is 0 Å². The second-order valence-corrected chi connectivity index (χ2v) is 18.5. The van der Waals surface area contributed by atoms with E-state index in [-0.39, 0.29) is 103 Å². The molecular formula is C21H42Cl38O. The van der Waals surface area contributed by atoms with E-state index >= 15 is 0 Å². The average Bonchev–Trinajstić information content (AvgIpc) is 3.11. The Labute approximate surface area is 550 Å². The molecule has 0 saturated carbocycles. The van der Waals surface area contributed by atoms with Gasteiger partial charge < -0.3 is 5.11 Å². The summed E-state index contributed by atoms with van der Waals surface area (Å²) >= 11 is 182. The molecule has 0 spiro atoms. The molecule has 0 fully saturated rings. The Kier molecular flexibility index (Phi) is 618. The lowest BCUT2D eigenvalue weighted by molar-refractivity contribution is 0.293. The average molecular weight is 1660 g/mol. The van der Waals surface area contributed by atoms with Crippen LogP contribution in [0.5, 0.6) is 0 Å². The number of halogens is 38. The van der Waals surface area contributed by atoms with Gasteiger partial charge in [0.1, 0.15) is 4.84 Å². The fraction of sp³-hybridized carbons (Fsp3) is 1.00. The van der Waals surface area contributed by atoms with E-state index in [9.17, 15) is 0 Å². The molecule has 0 aromatic carbocycles. The van der Waals surface area contributed by atoms with Crippen molar-refractivity contribution in [3.8, 4) is 0 Å². The second kappa shape index (κ2) is 288. The quantitative estimate of drug-likeness (QED) is 0.273. The zero-order valence-electron chi connectivity index (χ0n) is 29.5. The van der Waals surface area contributed by atoms with E-state index in [0.717, 1.165) is 0 Å². The van der Waals surface area contributed by atoms with Gasteiger partial charge in [0.2, 0.25) is 0 Å². The van der Waals surface area contributed by atoms with Gasteiger partial charge in [-0.2, -0.15) is 0 Å². The van der Waals surface area contributed by atoms with Crippen molar-refractivity contribution in [2.75, 3.05) is 103 Å². The largest absolute Gasteiger partial charge is 0.396 e. The molecule has 0 aliphatic rings. The van der Waals surface area contributed by atoms with Crippen LogP contribution in [0.15, 0.2) is 0 Å². The van der Waals surface area contributed by atoms with E-state index in [4.69, 9.17) is 446 Å². The van der Waals surface area contributed by atoms with Crippen LogP contribution in [0.2, 0.25) is 0 Å². The van der Waals surface area contributed by atoms with Crippen molar-refractivity contribution in [1.29, 1.82) is 0 Å². The molecule has 0 rings (SSSR count). The van der Waals surface area contributed by atoms with Crippen LogP contribution < -0.4 is 0 Å². The summed E-state index contributed by atoms with van der Waals surface area (Å²) in [6.07, 6.45) is 0.461. The van der Waals surface area contributed by atoms with Gasteiger partial charge in [0.05, 0.1) is 96.1 Å². The van der Waals surface area contributed by atoms with Gasteiger partial charge in [-0.05, 0) is 0 Å². The lowest BCUT2D eigenvalue weighted by Crippen LogP contribution is -1.89. The van der Waals surface area contributed by atoms with Crippen LogP contribution in [0.25, 0.3) is 0 Å². The second-order valence-electron chi connectivity index (χ2n) is 2.72. The highest BCUT2D eigenvalue weighted by atomic mass is 35.6. The van der Waals surface area contributed by atoms with E-state index in [1.807, 2.05) is 0 Å². The topological polar surface area (TPSA) is 20.2 Å². The van der Waals surface area contributed by atoms with Gasteiger partial charge in [-0.3, -0.25) is 0 Å². The Hall–Kier alpha value is 11.0. The molecule has 0 bridgehead atoms. The summed E-state index contributed by atoms with van der Waals surface area (Å²) in [5.74, 6) is 0. The SMILES string of the molecule is ClCCl.ClCCl.ClCCl.ClCCl.ClCCl.ClCCl.ClCCl.ClCCl.ClCCl.ClCCl.ClCCl.ClCCl.ClCCl.ClCCl.ClCCl.ClCCl.ClCCl.ClCCl.OCCC(Cl)Cl. The summed E-state index contributed by atoms with van der Waals surface area (Å²) in [5.41, 5.74) is 0. The minimum atomic E-state index is -0.407. The first-order valence-corrected chi connectivity index (χ1v) is 31.4. The predicted molar refractivity (Wildman–Crippen MR) is 326 cm³/mol. The number of aliphatic hydroxyl groups excluding tert-OH is 1. The molecule has 1 N–H and O–H groups in total. The van der Waals surface area contributed by atoms with Gasteiger partial charge in [0.15, 0.2) is 0 Å². The molecule has 0 atom stereocenters. The summed E-state index contributed by atoms with van der Waals surface area (Å²) in [6, 6.07) is 0. The minimum absolute atomic E-state index is 0.0671. The maximum absolute atomic E-state index is 8.07. The molecule has 0 aliphatic carbocycles. The summed E-state index contributed by atoms with van der Waals surface area (Å²) in [7, 11) is 0. The fourth-order valence-electron chi connectivity index (χ4n) is 0.0976. The van der Waals surface area contributed by atoms with Gasteiger partial charge in [0.25, 0.3) is 0 Å². The van der Waals surface area contributed by atoms with Gasteiger partial charge in [-0.15, -0.1) is 441 Å². The van der Waals surface area contributed by atoms with Crippen LogP contribution in [-0.4, -0.2) is 113 Å². The van der Waals surface area contributed by atoms with Crippen molar-refractivity contribution >= 4 is 441 Å². The molecule has 0 heterocycles. The standard InChI is InChI=1S/C3H6Cl2O.18CH2Cl2/c4-3(5)1-2-6;18*2-1-3/h3,6H,1-2H2;18*1H2. The zero-order valence-corrected chi connectivity index (χ0v) is 58.3. The van der Waals surface area contributed by atoms with Gasteiger partial charge >= 0.3 is 0 Å². The van der Waals surface area contributed by atoms with Crippen LogP contribution in [0, 0.1) is 0 Å². The molecule has 0 radical (unpaired) electrons. The monoisotopic (exact) mass is 1640 g/mol. The van der Waals surface area contributed by atoms with E-state index in [1.54, 1.807) is 0 Å². The third kappa shape index (κ3) is 1630. The fourth-order valence-corrected chi connectivity index (χ4v) is 0.293. The molecule has 60 heavy (non-hydrogen) atoms. The summed E-state index contributed by atoms with van der Waals surface area (Å²) < 4.78 is 0. The van der Waals surface area contributed by atoms with E-state index in [2.05, 4.69) is 0 Å². The Balaban J connectivity index is -0.0000000175. The first-order chi connectivity index (χ1) is 28.2. The molecule has 0 unspecified atom stereocenters. The van der Waals surface area contributed by atoms with Crippen molar-refractivity contribution in [2.24, 2.45) is 0 Å². The van der Waals surface area contributed by atoms with Crippen LogP contribution in [0.3, 0.4) is 0 Å². The number of aliphatic hydroxyl groups is 1. The number of rotatable bonds is 2. The Morgan fingerprint density at radius 2 is 0.233 bits per heavy atom. The van der Waals surface area contributed by atoms with Crippen molar-refractivity contribution in [1.82, 2.24) is 0 Å². The summed E-state index contributed by atoms with van der Waals surface area (Å²) in [4.78, 5) is -0.407. The highest BCUT2D eigenvalue weighted by Gasteiger charge is 1.92. The van der Waals surface area contributed by atoms with Gasteiger partial charge in [0, 0.05) is 13.0 Å². The maximum atomic E-state index is 8.07. The third-order valence-corrected chi connectivity index (χ3v) is 0.784. The molecule has 0 aromatic heterocycles. The highest BCUT2D eigenvalue weighted by molar-refractivity contribution is 6.46. The minimum Gasteiger partial charge on any atom is -0.396 e. The van der Waals surface area contributed by atoms with Crippen LogP contribution in [0.4, 0.5) is 0 Å². The molecule has 398 valence electrons. The van der Waals surface area contributed by atoms with Crippen molar-refractivity contribution < 1.29 is 5.11 Å². The predicted octanol–water partition coefficient (Wildman–Crippen LogP) is 26.8. The molecule has 1 nitrogen and oxygen atoms in total. The normalized spacial score (nSPS) is 6.40. The van der Waals surface area contributed by atoms with E-state index in [0.29, 0.717) is 6.42 Å². The molecule has 0 aliphatic heterocycles. The van der Waals surface area contributed by atoms with Gasteiger partial charge in [-0.1, -0.05) is 0 Å². The molecule has 0 amide bonds. The van der Waals surface area contributed by atoms with Crippen LogP contribution in [0.1, 0.15) is 6.42 Å². The molecule has 0 aromatic rings. The highest BCUT2D eigenvalue weighted by Crippen LogP contribution is 2.04. The first kappa shape index (κ1) is 129. The van der Waals surface area contributed by atoms with Crippen molar-refractivity contribution in [2.45, 2.75) is 11.3 Å². The lowest BCUT2D eigenvalue weighted by Gasteiger charge is -1.90. The number of hydrogen-bond acceptors (Lipinski definition) is 1. The maximum Gasteiger partial charge on any atom is 0.110 e. The summed E-state index contributed by atoms with van der Waals surface area (Å²) in [5, 5.41) is 11.6. The van der Waals surface area contributed by atoms with Crippen molar-refractivity contribution in [3.05, 3.63) is 0 Å². The Morgan fingerprint density at radius 3 is 0.233 bits per heavy atom. The molecule has 0 saturated heterocycles.